The van der Waals surface area contributed by atoms with Crippen LogP contribution in [0.5, 0.6) is 0 Å². The van der Waals surface area contributed by atoms with Crippen LogP contribution in [0.2, 0.25) is 0 Å². The summed E-state index contributed by atoms with van der Waals surface area (Å²) in [6, 6.07) is 0. The highest BCUT2D eigenvalue weighted by Crippen LogP contribution is 2.42. The Balaban J connectivity index is 2.78. The second-order valence-corrected chi connectivity index (χ2v) is 10.7. The monoisotopic (exact) mass is 376 g/mol. The predicted octanol–water partition coefficient (Wildman–Crippen LogP) is 5.51. The van der Waals surface area contributed by atoms with E-state index in [2.05, 4.69) is 65.8 Å². The molecule has 144 valence electrons. The largest absolute Gasteiger partial charge is 0.285 e. The van der Waals surface area contributed by atoms with Crippen molar-refractivity contribution < 1.29 is 13.0 Å². The Morgan fingerprint density at radius 3 is 1.38 bits per heavy atom. The van der Waals surface area contributed by atoms with Crippen LogP contribution in [0.15, 0.2) is 59.8 Å². The number of hydrogen-bond donors (Lipinski definition) is 1. The SMILES string of the molecule is CC(C)C1(C)/C=C\C(C)(C(C)C)/C=C2/C=CC(C)(S(=O)(=O)O)C=C/C2=C/1. The van der Waals surface area contributed by atoms with Crippen LogP contribution in [0.25, 0.3) is 0 Å². The summed E-state index contributed by atoms with van der Waals surface area (Å²) in [4.78, 5) is 0. The fourth-order valence-corrected chi connectivity index (χ4v) is 3.52. The van der Waals surface area contributed by atoms with Crippen molar-refractivity contribution in [1.29, 1.82) is 0 Å². The lowest BCUT2D eigenvalue weighted by atomic mass is 9.69. The van der Waals surface area contributed by atoms with Crippen molar-refractivity contribution >= 4 is 10.1 Å². The van der Waals surface area contributed by atoms with Gasteiger partial charge in [0.05, 0.1) is 0 Å². The zero-order valence-electron chi connectivity index (χ0n) is 16.9. The van der Waals surface area contributed by atoms with Gasteiger partial charge < -0.3 is 0 Å². The van der Waals surface area contributed by atoms with Crippen molar-refractivity contribution in [3.63, 3.8) is 0 Å². The third-order valence-corrected chi connectivity index (χ3v) is 7.68. The van der Waals surface area contributed by atoms with E-state index in [4.69, 9.17) is 0 Å². The molecule has 2 atom stereocenters. The summed E-state index contributed by atoms with van der Waals surface area (Å²) in [5.41, 5.74) is 1.67. The third kappa shape index (κ3) is 3.81. The van der Waals surface area contributed by atoms with Crippen LogP contribution in [0.3, 0.4) is 0 Å². The smallest absolute Gasteiger partial charge is 0.277 e. The maximum atomic E-state index is 11.9. The molecule has 2 aliphatic carbocycles. The molecular weight excluding hydrogens is 344 g/mol. The first-order chi connectivity index (χ1) is 11.7. The normalized spacial score (nSPS) is 40.1. The van der Waals surface area contributed by atoms with Gasteiger partial charge in [0.15, 0.2) is 0 Å². The molecule has 0 heterocycles. The molecule has 0 bridgehead atoms. The van der Waals surface area contributed by atoms with E-state index in [1.807, 2.05) is 12.2 Å². The lowest BCUT2D eigenvalue weighted by molar-refractivity contribution is 0.351. The molecule has 4 heteroatoms. The summed E-state index contributed by atoms with van der Waals surface area (Å²) in [5, 5.41) is 0. The highest BCUT2D eigenvalue weighted by atomic mass is 32.2. The Kier molecular flexibility index (Phi) is 5.35. The summed E-state index contributed by atoms with van der Waals surface area (Å²) in [6.07, 6.45) is 15.8. The van der Waals surface area contributed by atoms with Crippen molar-refractivity contribution in [3.8, 4) is 0 Å². The second kappa shape index (κ2) is 6.65. The molecule has 2 aliphatic rings. The summed E-state index contributed by atoms with van der Waals surface area (Å²) >= 11 is 0. The van der Waals surface area contributed by atoms with Crippen molar-refractivity contribution in [2.24, 2.45) is 22.7 Å². The molecule has 1 N–H and O–H groups in total. The fourth-order valence-electron chi connectivity index (χ4n) is 3.04. The topological polar surface area (TPSA) is 54.4 Å². The molecule has 3 nitrogen and oxygen atoms in total. The van der Waals surface area contributed by atoms with Crippen molar-refractivity contribution in [2.45, 2.75) is 53.2 Å². The molecule has 2 rings (SSSR count). The number of allylic oxidation sites excluding steroid dienone is 8. The number of hydrogen-bond acceptors (Lipinski definition) is 2. The van der Waals surface area contributed by atoms with E-state index < -0.39 is 14.9 Å². The van der Waals surface area contributed by atoms with Gasteiger partial charge in [-0.1, -0.05) is 90.2 Å². The maximum Gasteiger partial charge on any atom is 0.277 e. The van der Waals surface area contributed by atoms with Crippen molar-refractivity contribution in [3.05, 3.63) is 59.8 Å². The van der Waals surface area contributed by atoms with Crippen LogP contribution >= 0.6 is 0 Å². The molecule has 0 aliphatic heterocycles. The van der Waals surface area contributed by atoms with Gasteiger partial charge in [0.25, 0.3) is 10.1 Å². The molecule has 0 aromatic rings. The van der Waals surface area contributed by atoms with Crippen LogP contribution in [-0.2, 0) is 10.1 Å². The Morgan fingerprint density at radius 2 is 1.12 bits per heavy atom. The van der Waals surface area contributed by atoms with Crippen LogP contribution in [-0.4, -0.2) is 17.7 Å². The zero-order chi connectivity index (χ0) is 20.0. The summed E-state index contributed by atoms with van der Waals surface area (Å²) in [5.74, 6) is 0.770. The van der Waals surface area contributed by atoms with Crippen LogP contribution in [0.1, 0.15) is 48.5 Å². The van der Waals surface area contributed by atoms with Gasteiger partial charge in [0.1, 0.15) is 4.75 Å². The first-order valence-corrected chi connectivity index (χ1v) is 10.7. The van der Waals surface area contributed by atoms with Crippen molar-refractivity contribution in [2.75, 3.05) is 0 Å². The van der Waals surface area contributed by atoms with Gasteiger partial charge in [0, 0.05) is 10.8 Å². The van der Waals surface area contributed by atoms with E-state index in [0.29, 0.717) is 11.8 Å². The average Bonchev–Trinajstić information content (AvgIpc) is 2.65. The molecule has 0 aromatic heterocycles. The quantitative estimate of drug-likeness (QED) is 0.522. The molecule has 0 radical (unpaired) electrons. The first kappa shape index (κ1) is 20.9. The van der Waals surface area contributed by atoms with Gasteiger partial charge in [0.2, 0.25) is 0 Å². The summed E-state index contributed by atoms with van der Waals surface area (Å²) in [6.45, 7) is 14.7. The van der Waals surface area contributed by atoms with Gasteiger partial charge in [-0.3, -0.25) is 4.55 Å². The minimum absolute atomic E-state index is 0.151. The standard InChI is InChI=1S/C22H32O3S/c1-16(2)20(5)12-13-21(6,17(3)4)15-19-9-11-22(7,26(23,24)25)10-8-18(19)14-20/h8-17H,1-7H3,(H,23,24,25)/b13-12-,18-14-,19-15-. The Bertz CT molecular complexity index is 771. The predicted molar refractivity (Wildman–Crippen MR) is 109 cm³/mol. The summed E-state index contributed by atoms with van der Waals surface area (Å²) in [7, 11) is -4.24. The van der Waals surface area contributed by atoms with E-state index in [1.165, 1.54) is 6.92 Å². The van der Waals surface area contributed by atoms with Crippen LogP contribution in [0, 0.1) is 22.7 Å². The van der Waals surface area contributed by atoms with E-state index >= 15 is 0 Å². The molecule has 0 aromatic carbocycles. The Hall–Kier alpha value is -1.39. The summed E-state index contributed by atoms with van der Waals surface area (Å²) < 4.78 is 32.0. The van der Waals surface area contributed by atoms with Gasteiger partial charge in [-0.25, -0.2) is 0 Å². The molecule has 0 amide bonds. The number of fused-ring (bicyclic) bond motifs is 1. The molecular formula is C22H32O3S. The Labute approximate surface area is 159 Å². The molecule has 0 spiro atoms. The zero-order valence-corrected chi connectivity index (χ0v) is 17.8. The van der Waals surface area contributed by atoms with Crippen LogP contribution in [0.4, 0.5) is 0 Å². The molecule has 0 saturated carbocycles. The second-order valence-electron chi connectivity index (χ2n) is 8.90. The van der Waals surface area contributed by atoms with E-state index in [-0.39, 0.29) is 10.8 Å². The lowest BCUT2D eigenvalue weighted by Gasteiger charge is -2.35. The average molecular weight is 377 g/mol. The van der Waals surface area contributed by atoms with Crippen molar-refractivity contribution in [1.82, 2.24) is 0 Å². The first-order valence-electron chi connectivity index (χ1n) is 9.24. The van der Waals surface area contributed by atoms with Gasteiger partial charge >= 0.3 is 0 Å². The highest BCUT2D eigenvalue weighted by molar-refractivity contribution is 7.87. The molecule has 2 unspecified atom stereocenters. The maximum absolute atomic E-state index is 11.9. The highest BCUT2D eigenvalue weighted by Gasteiger charge is 2.36. The van der Waals surface area contributed by atoms with Gasteiger partial charge in [-0.15, -0.1) is 0 Å². The molecule has 0 saturated heterocycles. The van der Waals surface area contributed by atoms with Crippen LogP contribution < -0.4 is 0 Å². The van der Waals surface area contributed by atoms with E-state index in [0.717, 1.165) is 11.1 Å². The van der Waals surface area contributed by atoms with E-state index in [1.54, 1.807) is 12.2 Å². The fraction of sp³-hybridized carbons (Fsp3) is 0.545. The van der Waals surface area contributed by atoms with Gasteiger partial charge in [-0.2, -0.15) is 8.42 Å². The lowest BCUT2D eigenvalue weighted by Crippen LogP contribution is -2.29. The van der Waals surface area contributed by atoms with Gasteiger partial charge in [-0.05, 0) is 29.9 Å². The Morgan fingerprint density at radius 1 is 0.769 bits per heavy atom. The molecule has 0 fully saturated rings. The number of rotatable bonds is 3. The minimum atomic E-state index is -4.24. The minimum Gasteiger partial charge on any atom is -0.285 e. The molecule has 26 heavy (non-hydrogen) atoms. The van der Waals surface area contributed by atoms with E-state index in [9.17, 15) is 13.0 Å². The third-order valence-electron chi connectivity index (χ3n) is 6.30.